The monoisotopic (exact) mass is 206 g/mol. The van der Waals surface area contributed by atoms with Crippen LogP contribution < -0.4 is 0 Å². The second-order valence-corrected chi connectivity index (χ2v) is 4.98. The Labute approximate surface area is 90.1 Å². The van der Waals surface area contributed by atoms with Gasteiger partial charge in [0.05, 0.1) is 6.54 Å². The quantitative estimate of drug-likeness (QED) is 0.761. The molecule has 82 valence electrons. The van der Waals surface area contributed by atoms with Crippen LogP contribution in [0.15, 0.2) is 0 Å². The van der Waals surface area contributed by atoms with Crippen molar-refractivity contribution in [1.29, 1.82) is 0 Å². The van der Waals surface area contributed by atoms with Gasteiger partial charge < -0.3 is 0 Å². The molecule has 0 amide bonds. The van der Waals surface area contributed by atoms with Gasteiger partial charge in [-0.15, -0.1) is 10.2 Å². The number of hydrogen-bond acceptors (Lipinski definition) is 3. The average molecular weight is 206 g/mol. The van der Waals surface area contributed by atoms with Crippen molar-refractivity contribution in [3.63, 3.8) is 0 Å². The minimum atomic E-state index is 0.630. The van der Waals surface area contributed by atoms with Crippen LogP contribution in [0.4, 0.5) is 0 Å². The highest BCUT2D eigenvalue weighted by molar-refractivity contribution is 5.00. The zero-order valence-corrected chi connectivity index (χ0v) is 9.10. The van der Waals surface area contributed by atoms with Crippen LogP contribution in [0, 0.1) is 5.92 Å². The fraction of sp³-hybridized carbons (Fsp3) is 0.909. The molecule has 1 aromatic heterocycles. The Morgan fingerprint density at radius 1 is 1.07 bits per heavy atom. The van der Waals surface area contributed by atoms with E-state index in [4.69, 9.17) is 0 Å². The first kappa shape index (κ1) is 9.31. The SMILES string of the molecule is C1CCC(Cn2nnc(C3CC3)n2)CC1. The van der Waals surface area contributed by atoms with Gasteiger partial charge in [0.1, 0.15) is 0 Å². The zero-order chi connectivity index (χ0) is 10.1. The van der Waals surface area contributed by atoms with Gasteiger partial charge in [-0.1, -0.05) is 19.3 Å². The highest BCUT2D eigenvalue weighted by Gasteiger charge is 2.28. The maximum absolute atomic E-state index is 4.46. The van der Waals surface area contributed by atoms with Crippen LogP contribution in [-0.2, 0) is 6.54 Å². The molecule has 0 bridgehead atoms. The van der Waals surface area contributed by atoms with Gasteiger partial charge >= 0.3 is 0 Å². The van der Waals surface area contributed by atoms with Crippen molar-refractivity contribution in [2.24, 2.45) is 5.92 Å². The summed E-state index contributed by atoms with van der Waals surface area (Å²) < 4.78 is 0. The molecule has 3 rings (SSSR count). The molecule has 0 N–H and O–H groups in total. The van der Waals surface area contributed by atoms with Gasteiger partial charge in [0.15, 0.2) is 5.82 Å². The molecule has 2 fully saturated rings. The Morgan fingerprint density at radius 3 is 2.60 bits per heavy atom. The molecule has 1 aromatic rings. The van der Waals surface area contributed by atoms with Crippen LogP contribution in [0.2, 0.25) is 0 Å². The standard InChI is InChI=1S/C11H18N4/c1-2-4-9(5-3-1)8-15-13-11(12-14-15)10-6-7-10/h9-10H,1-8H2. The molecule has 4 nitrogen and oxygen atoms in total. The molecular formula is C11H18N4. The van der Waals surface area contributed by atoms with E-state index in [1.54, 1.807) is 0 Å². The summed E-state index contributed by atoms with van der Waals surface area (Å²) in [6.07, 6.45) is 9.39. The fourth-order valence-electron chi connectivity index (χ4n) is 2.44. The van der Waals surface area contributed by atoms with E-state index < -0.39 is 0 Å². The summed E-state index contributed by atoms with van der Waals surface area (Å²) in [5.74, 6) is 2.40. The van der Waals surface area contributed by atoms with E-state index >= 15 is 0 Å². The summed E-state index contributed by atoms with van der Waals surface area (Å²) in [6, 6.07) is 0. The van der Waals surface area contributed by atoms with Crippen LogP contribution >= 0.6 is 0 Å². The van der Waals surface area contributed by atoms with Crippen LogP contribution in [0.5, 0.6) is 0 Å². The molecule has 1 heterocycles. The van der Waals surface area contributed by atoms with Crippen molar-refractivity contribution < 1.29 is 0 Å². The fourth-order valence-corrected chi connectivity index (χ4v) is 2.44. The van der Waals surface area contributed by atoms with E-state index in [1.165, 1.54) is 44.9 Å². The van der Waals surface area contributed by atoms with E-state index in [9.17, 15) is 0 Å². The Hall–Kier alpha value is -0.930. The minimum Gasteiger partial charge on any atom is -0.164 e. The van der Waals surface area contributed by atoms with Gasteiger partial charge in [0, 0.05) is 5.92 Å². The molecule has 2 aliphatic carbocycles. The average Bonchev–Trinajstić information content (AvgIpc) is 3.02. The van der Waals surface area contributed by atoms with Crippen molar-refractivity contribution >= 4 is 0 Å². The maximum Gasteiger partial charge on any atom is 0.177 e. The van der Waals surface area contributed by atoms with Crippen LogP contribution in [-0.4, -0.2) is 20.2 Å². The third-order valence-corrected chi connectivity index (χ3v) is 3.56. The summed E-state index contributed by atoms with van der Waals surface area (Å²) in [6.45, 7) is 0.986. The van der Waals surface area contributed by atoms with Gasteiger partial charge in [-0.3, -0.25) is 0 Å². The summed E-state index contributed by atoms with van der Waals surface area (Å²) in [7, 11) is 0. The van der Waals surface area contributed by atoms with E-state index in [2.05, 4.69) is 15.4 Å². The lowest BCUT2D eigenvalue weighted by Crippen LogP contribution is -2.16. The highest BCUT2D eigenvalue weighted by atomic mass is 15.6. The third-order valence-electron chi connectivity index (χ3n) is 3.56. The molecule has 0 atom stereocenters. The second-order valence-electron chi connectivity index (χ2n) is 4.98. The Kier molecular flexibility index (Phi) is 2.43. The molecule has 2 aliphatic rings. The smallest absolute Gasteiger partial charge is 0.164 e. The van der Waals surface area contributed by atoms with Gasteiger partial charge in [-0.25, -0.2) is 0 Å². The summed E-state index contributed by atoms with van der Waals surface area (Å²) in [5, 5.41) is 12.7. The molecule has 0 radical (unpaired) electrons. The van der Waals surface area contributed by atoms with Gasteiger partial charge in [0.2, 0.25) is 0 Å². The zero-order valence-electron chi connectivity index (χ0n) is 9.10. The van der Waals surface area contributed by atoms with Crippen molar-refractivity contribution in [2.45, 2.75) is 57.4 Å². The number of rotatable bonds is 3. The number of tetrazole rings is 1. The van der Waals surface area contributed by atoms with E-state index in [-0.39, 0.29) is 0 Å². The summed E-state index contributed by atoms with van der Waals surface area (Å²) >= 11 is 0. The molecule has 2 saturated carbocycles. The molecule has 0 unspecified atom stereocenters. The van der Waals surface area contributed by atoms with Gasteiger partial charge in [0.25, 0.3) is 0 Å². The van der Waals surface area contributed by atoms with E-state index in [0.717, 1.165) is 18.3 Å². The lowest BCUT2D eigenvalue weighted by atomic mass is 9.89. The Balaban J connectivity index is 1.60. The van der Waals surface area contributed by atoms with E-state index in [1.807, 2.05) is 4.80 Å². The van der Waals surface area contributed by atoms with Gasteiger partial charge in [-0.05, 0) is 36.8 Å². The number of aromatic nitrogens is 4. The first-order valence-corrected chi connectivity index (χ1v) is 6.19. The predicted octanol–water partition coefficient (Wildman–Crippen LogP) is 2.13. The first-order chi connectivity index (χ1) is 7.42. The first-order valence-electron chi connectivity index (χ1n) is 6.19. The lowest BCUT2D eigenvalue weighted by Gasteiger charge is -2.20. The van der Waals surface area contributed by atoms with Crippen molar-refractivity contribution in [2.75, 3.05) is 0 Å². The van der Waals surface area contributed by atoms with Crippen molar-refractivity contribution in [3.05, 3.63) is 5.82 Å². The van der Waals surface area contributed by atoms with E-state index in [0.29, 0.717) is 5.92 Å². The van der Waals surface area contributed by atoms with Crippen LogP contribution in [0.1, 0.15) is 56.7 Å². The van der Waals surface area contributed by atoms with Gasteiger partial charge in [-0.2, -0.15) is 4.80 Å². The highest BCUT2D eigenvalue weighted by Crippen LogP contribution is 2.37. The molecule has 4 heteroatoms. The minimum absolute atomic E-state index is 0.630. The van der Waals surface area contributed by atoms with Crippen molar-refractivity contribution in [1.82, 2.24) is 20.2 Å². The molecule has 0 aliphatic heterocycles. The molecule has 0 saturated heterocycles. The normalized spacial score (nSPS) is 23.2. The Morgan fingerprint density at radius 2 is 1.87 bits per heavy atom. The van der Waals surface area contributed by atoms with Crippen LogP contribution in [0.3, 0.4) is 0 Å². The summed E-state index contributed by atoms with van der Waals surface area (Å²) in [5.41, 5.74) is 0. The topological polar surface area (TPSA) is 43.6 Å². The second kappa shape index (κ2) is 3.91. The van der Waals surface area contributed by atoms with Crippen LogP contribution in [0.25, 0.3) is 0 Å². The molecule has 15 heavy (non-hydrogen) atoms. The third kappa shape index (κ3) is 2.19. The molecular weight excluding hydrogens is 188 g/mol. The predicted molar refractivity (Wildman–Crippen MR) is 56.4 cm³/mol. The molecule has 0 aromatic carbocycles. The van der Waals surface area contributed by atoms with Crippen molar-refractivity contribution in [3.8, 4) is 0 Å². The Bertz CT molecular complexity index is 323. The number of nitrogens with zero attached hydrogens (tertiary/aromatic N) is 4. The lowest BCUT2D eigenvalue weighted by molar-refractivity contribution is 0.291. The largest absolute Gasteiger partial charge is 0.177 e. The maximum atomic E-state index is 4.46. The molecule has 0 spiro atoms. The number of hydrogen-bond donors (Lipinski definition) is 0. The summed E-state index contributed by atoms with van der Waals surface area (Å²) in [4.78, 5) is 1.82.